The van der Waals surface area contributed by atoms with Crippen molar-refractivity contribution in [3.05, 3.63) is 60.2 Å². The van der Waals surface area contributed by atoms with Gasteiger partial charge in [-0.25, -0.2) is 0 Å². The highest BCUT2D eigenvalue weighted by Crippen LogP contribution is 2.26. The molecule has 0 fully saturated rings. The molecule has 29 heavy (non-hydrogen) atoms. The van der Waals surface area contributed by atoms with E-state index in [1.165, 1.54) is 54.8 Å². The maximum Gasteiger partial charge on any atom is 0.374 e. The Balaban J connectivity index is 1.89. The van der Waals surface area contributed by atoms with E-state index in [1.807, 2.05) is 13.8 Å². The molecule has 0 N–H and O–H groups in total. The van der Waals surface area contributed by atoms with Gasteiger partial charge in [0, 0.05) is 17.9 Å². The molecule has 2 aromatic carbocycles. The highest BCUT2D eigenvalue weighted by Gasteiger charge is 2.22. The van der Waals surface area contributed by atoms with Crippen molar-refractivity contribution in [2.24, 2.45) is 0 Å². The number of nitrogens with zero attached hydrogens (tertiary/aromatic N) is 1. The lowest BCUT2D eigenvalue weighted by Crippen LogP contribution is -2.35. The lowest BCUT2D eigenvalue weighted by molar-refractivity contribution is -0.678. The van der Waals surface area contributed by atoms with E-state index in [-0.39, 0.29) is 0 Å². The molecule has 1 aromatic heterocycles. The Morgan fingerprint density at radius 2 is 1.79 bits per heavy atom. The summed E-state index contributed by atoms with van der Waals surface area (Å²) >= 11 is 0. The van der Waals surface area contributed by atoms with Crippen LogP contribution in [-0.2, 0) is 11.3 Å². The lowest BCUT2D eigenvalue weighted by atomic mass is 10.1. The first kappa shape index (κ1) is 21.2. The number of aryl methyl sites for hydroxylation is 1. The van der Waals surface area contributed by atoms with Crippen LogP contribution < -0.4 is 4.57 Å². The van der Waals surface area contributed by atoms with E-state index in [2.05, 4.69) is 60.0 Å². The second-order valence-electron chi connectivity index (χ2n) is 7.65. The Labute approximate surface area is 174 Å². The number of allylic oxidation sites excluding steroid dienone is 2. The van der Waals surface area contributed by atoms with Gasteiger partial charge in [-0.2, -0.15) is 4.57 Å². The number of unbranched alkanes of at least 4 members (excludes halogenated alkanes) is 5. The molecular weight excluding hydrogens is 358 g/mol. The van der Waals surface area contributed by atoms with Crippen molar-refractivity contribution < 1.29 is 13.7 Å². The molecule has 3 aromatic rings. The Morgan fingerprint density at radius 1 is 1.00 bits per heavy atom. The third-order valence-corrected chi connectivity index (χ3v) is 5.28. The number of aromatic nitrogens is 1. The van der Waals surface area contributed by atoms with Crippen LogP contribution in [0.5, 0.6) is 0 Å². The van der Waals surface area contributed by atoms with Crippen LogP contribution in [0.4, 0.5) is 0 Å². The van der Waals surface area contributed by atoms with Crippen molar-refractivity contribution in [3.63, 3.8) is 0 Å². The van der Waals surface area contributed by atoms with Gasteiger partial charge >= 0.3 is 5.89 Å². The third-order valence-electron chi connectivity index (χ3n) is 5.28. The lowest BCUT2D eigenvalue weighted by Gasteiger charge is -1.99. The molecular formula is C26H34NO2+. The molecule has 154 valence electrons. The smallest absolute Gasteiger partial charge is 0.374 e. The molecule has 0 spiro atoms. The minimum absolute atomic E-state index is 0.680. The number of rotatable bonds is 11. The zero-order valence-electron chi connectivity index (χ0n) is 18.1. The summed E-state index contributed by atoms with van der Waals surface area (Å²) in [6, 6.07) is 12.8. The van der Waals surface area contributed by atoms with Crippen molar-refractivity contribution in [1.82, 2.24) is 0 Å². The Bertz CT molecular complexity index is 981. The molecule has 0 atom stereocenters. The molecule has 0 saturated heterocycles. The van der Waals surface area contributed by atoms with Gasteiger partial charge in [0.05, 0.1) is 18.9 Å². The minimum Gasteiger partial charge on any atom is -0.501 e. The number of ether oxygens (including phenoxy) is 1. The molecule has 0 aliphatic rings. The first-order valence-electron chi connectivity index (χ1n) is 11.0. The number of oxazole rings is 1. The van der Waals surface area contributed by atoms with Crippen molar-refractivity contribution in [1.29, 1.82) is 0 Å². The van der Waals surface area contributed by atoms with E-state index in [1.54, 1.807) is 6.26 Å². The number of benzene rings is 2. The second-order valence-corrected chi connectivity index (χ2v) is 7.65. The third kappa shape index (κ3) is 5.50. The topological polar surface area (TPSA) is 26.2 Å². The van der Waals surface area contributed by atoms with Crippen LogP contribution in [0, 0.1) is 0 Å². The molecule has 0 saturated carbocycles. The summed E-state index contributed by atoms with van der Waals surface area (Å²) in [5.41, 5.74) is 3.21. The summed E-state index contributed by atoms with van der Waals surface area (Å²) in [6.45, 7) is 7.96. The molecule has 0 bridgehead atoms. The summed E-state index contributed by atoms with van der Waals surface area (Å²) in [5, 5.41) is 2.38. The fourth-order valence-corrected chi connectivity index (χ4v) is 3.69. The summed E-state index contributed by atoms with van der Waals surface area (Å²) in [6.07, 6.45) is 13.6. The number of fused-ring (bicyclic) bond motifs is 3. The standard InChI is InChI=1S/C26H34NO2/c1-4-6-7-8-9-12-19-27-24-17-16-22-13-10-11-14-23(22)26(24)29-25(27)18-15-21(3)20-28-5-2/h10-11,13-18,20H,4-9,12,19H2,1-3H3/q+1. The maximum atomic E-state index is 6.37. The van der Waals surface area contributed by atoms with Crippen LogP contribution in [0.2, 0.25) is 0 Å². The van der Waals surface area contributed by atoms with Crippen LogP contribution >= 0.6 is 0 Å². The quantitative estimate of drug-likeness (QED) is 0.149. The molecule has 0 unspecified atom stereocenters. The van der Waals surface area contributed by atoms with Crippen molar-refractivity contribution in [2.75, 3.05) is 6.61 Å². The van der Waals surface area contributed by atoms with E-state index in [9.17, 15) is 0 Å². The Morgan fingerprint density at radius 3 is 2.62 bits per heavy atom. The molecule has 0 amide bonds. The molecule has 3 nitrogen and oxygen atoms in total. The van der Waals surface area contributed by atoms with Crippen LogP contribution in [0.3, 0.4) is 0 Å². The van der Waals surface area contributed by atoms with E-state index >= 15 is 0 Å². The highest BCUT2D eigenvalue weighted by atomic mass is 16.5. The highest BCUT2D eigenvalue weighted by molar-refractivity contribution is 6.01. The van der Waals surface area contributed by atoms with Gasteiger partial charge in [-0.05, 0) is 43.4 Å². The number of hydrogen-bond donors (Lipinski definition) is 0. The summed E-state index contributed by atoms with van der Waals surface area (Å²) in [7, 11) is 0. The monoisotopic (exact) mass is 392 g/mol. The first-order chi connectivity index (χ1) is 14.2. The molecule has 0 radical (unpaired) electrons. The van der Waals surface area contributed by atoms with Crippen LogP contribution in [0.1, 0.15) is 65.2 Å². The van der Waals surface area contributed by atoms with Gasteiger partial charge < -0.3 is 9.15 Å². The van der Waals surface area contributed by atoms with E-state index in [0.29, 0.717) is 6.61 Å². The fourth-order valence-electron chi connectivity index (χ4n) is 3.69. The SMILES string of the molecule is CCCCCCCC[n+]1c(C=CC(C)=COCC)oc2c3ccccc3ccc21. The largest absolute Gasteiger partial charge is 0.501 e. The van der Waals surface area contributed by atoms with Gasteiger partial charge in [0.25, 0.3) is 5.52 Å². The van der Waals surface area contributed by atoms with Gasteiger partial charge in [-0.15, -0.1) is 0 Å². The van der Waals surface area contributed by atoms with Crippen LogP contribution in [0.25, 0.3) is 27.9 Å². The number of hydrogen-bond acceptors (Lipinski definition) is 2. The predicted molar refractivity (Wildman–Crippen MR) is 122 cm³/mol. The minimum atomic E-state index is 0.680. The zero-order chi connectivity index (χ0) is 20.5. The summed E-state index contributed by atoms with van der Waals surface area (Å²) in [4.78, 5) is 0. The molecule has 3 heteroatoms. The van der Waals surface area contributed by atoms with Crippen molar-refractivity contribution in [2.45, 2.75) is 65.8 Å². The molecule has 1 heterocycles. The van der Waals surface area contributed by atoms with E-state index < -0.39 is 0 Å². The Kier molecular flexibility index (Phi) is 7.92. The van der Waals surface area contributed by atoms with E-state index in [0.717, 1.165) is 23.6 Å². The summed E-state index contributed by atoms with van der Waals surface area (Å²) < 4.78 is 14.1. The van der Waals surface area contributed by atoms with Gasteiger partial charge in [-0.3, -0.25) is 0 Å². The van der Waals surface area contributed by atoms with Crippen molar-refractivity contribution in [3.8, 4) is 0 Å². The van der Waals surface area contributed by atoms with Crippen LogP contribution in [-0.4, -0.2) is 6.61 Å². The summed E-state index contributed by atoms with van der Waals surface area (Å²) in [5.74, 6) is 0.897. The second kappa shape index (κ2) is 10.8. The molecule has 3 rings (SSSR count). The van der Waals surface area contributed by atoms with Crippen molar-refractivity contribution >= 4 is 27.9 Å². The zero-order valence-corrected chi connectivity index (χ0v) is 18.1. The van der Waals surface area contributed by atoms with Gasteiger partial charge in [0.15, 0.2) is 6.54 Å². The van der Waals surface area contributed by atoms with Gasteiger partial charge in [0.2, 0.25) is 5.58 Å². The molecule has 0 aliphatic carbocycles. The van der Waals surface area contributed by atoms with Gasteiger partial charge in [0.1, 0.15) is 0 Å². The predicted octanol–water partition coefficient (Wildman–Crippen LogP) is 7.19. The average molecular weight is 393 g/mol. The van der Waals surface area contributed by atoms with Gasteiger partial charge in [-0.1, -0.05) is 56.9 Å². The fraction of sp³-hybridized carbons (Fsp3) is 0.423. The average Bonchev–Trinajstić information content (AvgIpc) is 3.11. The first-order valence-corrected chi connectivity index (χ1v) is 11.0. The Hall–Kier alpha value is -2.55. The maximum absolute atomic E-state index is 6.37. The molecule has 0 aliphatic heterocycles. The normalized spacial score (nSPS) is 12.4. The van der Waals surface area contributed by atoms with E-state index in [4.69, 9.17) is 9.15 Å². The van der Waals surface area contributed by atoms with Crippen LogP contribution in [0.15, 0.2) is 58.7 Å².